The molecule has 2 aromatic heterocycles. The van der Waals surface area contributed by atoms with Gasteiger partial charge in [-0.2, -0.15) is 0 Å². The zero-order chi connectivity index (χ0) is 14.3. The van der Waals surface area contributed by atoms with Crippen LogP contribution in [0, 0.1) is 20.8 Å². The lowest BCUT2D eigenvalue weighted by atomic mass is 10.1. The number of aryl methyl sites for hydroxylation is 3. The third-order valence-corrected chi connectivity index (χ3v) is 4.05. The molecule has 4 nitrogen and oxygen atoms in total. The van der Waals surface area contributed by atoms with Crippen molar-refractivity contribution in [2.24, 2.45) is 0 Å². The van der Waals surface area contributed by atoms with E-state index in [1.807, 2.05) is 49.6 Å². The highest BCUT2D eigenvalue weighted by molar-refractivity contribution is 7.17. The standard InChI is InChI=1S/C15H15N3OS/c1-9-4-5-12(10(2)6-9)16-14(19)13-8-18-7-11(3)20-15(18)17-13/h4-8H,1-3H3,(H,16,19). The number of fused-ring (bicyclic) bond motifs is 1. The van der Waals surface area contributed by atoms with Crippen LogP contribution in [0.25, 0.3) is 4.96 Å². The second-order valence-electron chi connectivity index (χ2n) is 4.93. The highest BCUT2D eigenvalue weighted by Crippen LogP contribution is 2.19. The first kappa shape index (κ1) is 12.9. The summed E-state index contributed by atoms with van der Waals surface area (Å²) in [6, 6.07) is 5.95. The van der Waals surface area contributed by atoms with Crippen LogP contribution in [0.3, 0.4) is 0 Å². The van der Waals surface area contributed by atoms with Crippen molar-refractivity contribution in [3.8, 4) is 0 Å². The zero-order valence-electron chi connectivity index (χ0n) is 11.6. The number of nitrogens with one attached hydrogen (secondary N) is 1. The quantitative estimate of drug-likeness (QED) is 0.782. The number of carbonyl (C=O) groups excluding carboxylic acids is 1. The van der Waals surface area contributed by atoms with E-state index in [-0.39, 0.29) is 5.91 Å². The van der Waals surface area contributed by atoms with Crippen LogP contribution in [0.15, 0.2) is 30.6 Å². The van der Waals surface area contributed by atoms with E-state index in [1.165, 1.54) is 10.4 Å². The number of hydrogen-bond donors (Lipinski definition) is 1. The molecule has 0 bridgehead atoms. The minimum Gasteiger partial charge on any atom is -0.320 e. The molecular weight excluding hydrogens is 270 g/mol. The molecule has 0 saturated heterocycles. The Morgan fingerprint density at radius 2 is 2.05 bits per heavy atom. The molecule has 0 aliphatic rings. The van der Waals surface area contributed by atoms with Gasteiger partial charge >= 0.3 is 0 Å². The van der Waals surface area contributed by atoms with Crippen LogP contribution in [0.5, 0.6) is 0 Å². The fourth-order valence-corrected chi connectivity index (χ4v) is 2.97. The van der Waals surface area contributed by atoms with Crippen LogP contribution in [0.1, 0.15) is 26.5 Å². The lowest BCUT2D eigenvalue weighted by Crippen LogP contribution is -2.13. The maximum atomic E-state index is 12.2. The molecular formula is C15H15N3OS. The summed E-state index contributed by atoms with van der Waals surface area (Å²) < 4.78 is 1.89. The number of benzene rings is 1. The maximum absolute atomic E-state index is 12.2. The van der Waals surface area contributed by atoms with Crippen molar-refractivity contribution in [2.75, 3.05) is 5.32 Å². The van der Waals surface area contributed by atoms with Gasteiger partial charge in [-0.3, -0.25) is 9.20 Å². The van der Waals surface area contributed by atoms with E-state index in [9.17, 15) is 4.79 Å². The number of anilines is 1. The van der Waals surface area contributed by atoms with Crippen LogP contribution in [-0.2, 0) is 0 Å². The topological polar surface area (TPSA) is 46.4 Å². The monoisotopic (exact) mass is 285 g/mol. The Kier molecular flexibility index (Phi) is 3.06. The third kappa shape index (κ3) is 2.32. The third-order valence-electron chi connectivity index (χ3n) is 3.13. The van der Waals surface area contributed by atoms with E-state index in [4.69, 9.17) is 0 Å². The summed E-state index contributed by atoms with van der Waals surface area (Å²) >= 11 is 1.57. The minimum absolute atomic E-state index is 0.175. The Balaban J connectivity index is 1.86. The molecule has 102 valence electrons. The molecule has 1 aromatic carbocycles. The van der Waals surface area contributed by atoms with Gasteiger partial charge < -0.3 is 5.32 Å². The molecule has 1 amide bonds. The van der Waals surface area contributed by atoms with Gasteiger partial charge in [0.15, 0.2) is 4.96 Å². The zero-order valence-corrected chi connectivity index (χ0v) is 12.4. The van der Waals surface area contributed by atoms with Crippen LogP contribution < -0.4 is 5.32 Å². The molecule has 2 heterocycles. The number of aromatic nitrogens is 2. The highest BCUT2D eigenvalue weighted by atomic mass is 32.1. The van der Waals surface area contributed by atoms with Gasteiger partial charge in [0.2, 0.25) is 0 Å². The summed E-state index contributed by atoms with van der Waals surface area (Å²) in [4.78, 5) is 18.6. The van der Waals surface area contributed by atoms with Gasteiger partial charge in [-0.25, -0.2) is 4.98 Å². The predicted molar refractivity (Wildman–Crippen MR) is 81.7 cm³/mol. The van der Waals surface area contributed by atoms with E-state index in [0.717, 1.165) is 16.2 Å². The van der Waals surface area contributed by atoms with Crippen molar-refractivity contribution in [2.45, 2.75) is 20.8 Å². The molecule has 0 saturated carbocycles. The fourth-order valence-electron chi connectivity index (χ4n) is 2.16. The number of hydrogen-bond acceptors (Lipinski definition) is 3. The molecule has 0 aliphatic heterocycles. The van der Waals surface area contributed by atoms with Crippen molar-refractivity contribution in [1.29, 1.82) is 0 Å². The number of rotatable bonds is 2. The van der Waals surface area contributed by atoms with Gasteiger partial charge in [-0.15, -0.1) is 11.3 Å². The largest absolute Gasteiger partial charge is 0.320 e. The van der Waals surface area contributed by atoms with E-state index in [1.54, 1.807) is 17.5 Å². The molecule has 20 heavy (non-hydrogen) atoms. The van der Waals surface area contributed by atoms with E-state index >= 15 is 0 Å². The van der Waals surface area contributed by atoms with Crippen molar-refractivity contribution >= 4 is 27.9 Å². The normalized spacial score (nSPS) is 10.9. The van der Waals surface area contributed by atoms with Crippen molar-refractivity contribution in [3.63, 3.8) is 0 Å². The molecule has 0 spiro atoms. The number of carbonyl (C=O) groups is 1. The molecule has 3 aromatic rings. The smallest absolute Gasteiger partial charge is 0.275 e. The molecule has 1 N–H and O–H groups in total. The highest BCUT2D eigenvalue weighted by Gasteiger charge is 2.13. The van der Waals surface area contributed by atoms with Crippen LogP contribution in [0.4, 0.5) is 5.69 Å². The summed E-state index contributed by atoms with van der Waals surface area (Å²) in [5, 5.41) is 2.91. The fraction of sp³-hybridized carbons (Fsp3) is 0.200. The molecule has 0 unspecified atom stereocenters. The van der Waals surface area contributed by atoms with Gasteiger partial charge in [0.25, 0.3) is 5.91 Å². The summed E-state index contributed by atoms with van der Waals surface area (Å²) in [6.07, 6.45) is 3.73. The predicted octanol–water partition coefficient (Wildman–Crippen LogP) is 3.57. The minimum atomic E-state index is -0.175. The Bertz CT molecular complexity index is 769. The first-order valence-electron chi connectivity index (χ1n) is 6.36. The number of imidazole rings is 1. The maximum Gasteiger partial charge on any atom is 0.275 e. The lowest BCUT2D eigenvalue weighted by molar-refractivity contribution is 0.102. The Labute approximate surface area is 121 Å². The van der Waals surface area contributed by atoms with E-state index in [0.29, 0.717) is 5.69 Å². The molecule has 0 aliphatic carbocycles. The summed E-state index contributed by atoms with van der Waals surface area (Å²) in [5.41, 5.74) is 3.50. The second kappa shape index (κ2) is 4.76. The molecule has 3 rings (SSSR count). The van der Waals surface area contributed by atoms with Crippen LogP contribution >= 0.6 is 11.3 Å². The average molecular weight is 285 g/mol. The van der Waals surface area contributed by atoms with Crippen molar-refractivity contribution in [3.05, 3.63) is 52.3 Å². The average Bonchev–Trinajstić information content (AvgIpc) is 2.89. The Hall–Kier alpha value is -2.14. The van der Waals surface area contributed by atoms with Crippen molar-refractivity contribution in [1.82, 2.24) is 9.38 Å². The number of amides is 1. The van der Waals surface area contributed by atoms with Gasteiger partial charge in [-0.1, -0.05) is 17.7 Å². The van der Waals surface area contributed by atoms with E-state index in [2.05, 4.69) is 10.3 Å². The van der Waals surface area contributed by atoms with Gasteiger partial charge in [0, 0.05) is 23.0 Å². The molecule has 0 fully saturated rings. The van der Waals surface area contributed by atoms with Gasteiger partial charge in [-0.05, 0) is 32.4 Å². The van der Waals surface area contributed by atoms with Crippen molar-refractivity contribution < 1.29 is 4.79 Å². The lowest BCUT2D eigenvalue weighted by Gasteiger charge is -2.07. The Morgan fingerprint density at radius 3 is 2.75 bits per heavy atom. The molecule has 0 atom stereocenters. The van der Waals surface area contributed by atoms with Gasteiger partial charge in [0.1, 0.15) is 5.69 Å². The summed E-state index contributed by atoms with van der Waals surface area (Å²) in [7, 11) is 0. The first-order chi connectivity index (χ1) is 9.52. The molecule has 5 heteroatoms. The molecule has 0 radical (unpaired) electrons. The van der Waals surface area contributed by atoms with Crippen LogP contribution in [-0.4, -0.2) is 15.3 Å². The number of nitrogens with zero attached hydrogens (tertiary/aromatic N) is 2. The first-order valence-corrected chi connectivity index (χ1v) is 7.18. The number of thiazole rings is 1. The SMILES string of the molecule is Cc1ccc(NC(=O)c2cn3cc(C)sc3n2)c(C)c1. The summed E-state index contributed by atoms with van der Waals surface area (Å²) in [5.74, 6) is -0.175. The summed E-state index contributed by atoms with van der Waals surface area (Å²) in [6.45, 7) is 6.04. The van der Waals surface area contributed by atoms with Crippen LogP contribution in [0.2, 0.25) is 0 Å². The van der Waals surface area contributed by atoms with E-state index < -0.39 is 0 Å². The van der Waals surface area contributed by atoms with Gasteiger partial charge in [0.05, 0.1) is 0 Å². The second-order valence-corrected chi connectivity index (χ2v) is 6.14. The Morgan fingerprint density at radius 1 is 1.25 bits per heavy atom.